The van der Waals surface area contributed by atoms with E-state index in [-0.39, 0.29) is 0 Å². The van der Waals surface area contributed by atoms with Crippen molar-refractivity contribution in [1.29, 1.82) is 0 Å². The van der Waals surface area contributed by atoms with Crippen molar-refractivity contribution in [3.8, 4) is 12.3 Å². The zero-order valence-corrected chi connectivity index (χ0v) is 10.7. The van der Waals surface area contributed by atoms with Crippen LogP contribution >= 0.6 is 0 Å². The number of terminal acetylenes is 1. The van der Waals surface area contributed by atoms with Crippen molar-refractivity contribution < 1.29 is 0 Å². The van der Waals surface area contributed by atoms with Crippen molar-refractivity contribution in [1.82, 2.24) is 4.90 Å². The summed E-state index contributed by atoms with van der Waals surface area (Å²) in [4.78, 5) is 4.82. The first-order valence-electron chi connectivity index (χ1n) is 6.20. The largest absolute Gasteiger partial charge is 0.366 e. The van der Waals surface area contributed by atoms with E-state index < -0.39 is 0 Å². The highest BCUT2D eigenvalue weighted by molar-refractivity contribution is 5.49. The minimum atomic E-state index is 0.527. The lowest BCUT2D eigenvalue weighted by Crippen LogP contribution is -2.52. The molecule has 2 nitrogen and oxygen atoms in total. The normalized spacial score (nSPS) is 21.2. The van der Waals surface area contributed by atoms with Crippen molar-refractivity contribution in [3.63, 3.8) is 0 Å². The molecule has 0 bridgehead atoms. The van der Waals surface area contributed by atoms with Gasteiger partial charge in [0.1, 0.15) is 0 Å². The van der Waals surface area contributed by atoms with Gasteiger partial charge in [0.25, 0.3) is 0 Å². The third-order valence-corrected chi connectivity index (χ3v) is 3.36. The molecular weight excluding hydrogens is 208 g/mol. The van der Waals surface area contributed by atoms with Gasteiger partial charge < -0.3 is 4.90 Å². The third kappa shape index (κ3) is 2.81. The van der Waals surface area contributed by atoms with E-state index in [9.17, 15) is 0 Å². The molecule has 2 rings (SSSR count). The van der Waals surface area contributed by atoms with E-state index in [0.717, 1.165) is 26.2 Å². The predicted octanol–water partition coefficient (Wildman–Crippen LogP) is 2.14. The fraction of sp³-hybridized carbons (Fsp3) is 0.467. The predicted molar refractivity (Wildman–Crippen MR) is 73.3 cm³/mol. The third-order valence-electron chi connectivity index (χ3n) is 3.36. The molecule has 0 spiro atoms. The van der Waals surface area contributed by atoms with Gasteiger partial charge in [-0.3, -0.25) is 4.90 Å². The van der Waals surface area contributed by atoms with Crippen LogP contribution in [0.1, 0.15) is 12.5 Å². The Morgan fingerprint density at radius 3 is 2.88 bits per heavy atom. The molecular formula is C15H20N2. The van der Waals surface area contributed by atoms with Crippen molar-refractivity contribution >= 4 is 5.69 Å². The Bertz CT molecular complexity index is 419. The fourth-order valence-corrected chi connectivity index (χ4v) is 2.50. The van der Waals surface area contributed by atoms with Crippen LogP contribution in [0.25, 0.3) is 0 Å². The molecule has 1 saturated heterocycles. The van der Waals surface area contributed by atoms with Crippen molar-refractivity contribution in [3.05, 3.63) is 29.8 Å². The first-order chi connectivity index (χ1) is 8.20. The Balaban J connectivity index is 2.07. The van der Waals surface area contributed by atoms with E-state index in [2.05, 4.69) is 53.8 Å². The fourth-order valence-electron chi connectivity index (χ4n) is 2.50. The second kappa shape index (κ2) is 5.25. The number of hydrogen-bond donors (Lipinski definition) is 0. The van der Waals surface area contributed by atoms with Gasteiger partial charge in [-0.2, -0.15) is 0 Å². The molecule has 0 saturated carbocycles. The maximum Gasteiger partial charge on any atom is 0.0600 e. The summed E-state index contributed by atoms with van der Waals surface area (Å²) < 4.78 is 0. The first-order valence-corrected chi connectivity index (χ1v) is 6.20. The molecule has 1 aromatic rings. The quantitative estimate of drug-likeness (QED) is 0.716. The molecule has 1 fully saturated rings. The van der Waals surface area contributed by atoms with E-state index in [0.29, 0.717) is 6.04 Å². The van der Waals surface area contributed by atoms with Gasteiger partial charge in [0.2, 0.25) is 0 Å². The highest BCUT2D eigenvalue weighted by atomic mass is 15.3. The van der Waals surface area contributed by atoms with Gasteiger partial charge in [-0.15, -0.1) is 6.42 Å². The molecule has 0 unspecified atom stereocenters. The molecule has 0 aromatic heterocycles. The Kier molecular flexibility index (Phi) is 3.71. The number of rotatable bonds is 2. The maximum absolute atomic E-state index is 5.37. The van der Waals surface area contributed by atoms with E-state index >= 15 is 0 Å². The Hall–Kier alpha value is -1.46. The summed E-state index contributed by atoms with van der Waals surface area (Å²) in [7, 11) is 0. The molecule has 90 valence electrons. The summed E-state index contributed by atoms with van der Waals surface area (Å²) in [6.07, 6.45) is 5.37. The Morgan fingerprint density at radius 2 is 2.24 bits per heavy atom. The van der Waals surface area contributed by atoms with Gasteiger partial charge >= 0.3 is 0 Å². The maximum atomic E-state index is 5.37. The summed E-state index contributed by atoms with van der Waals surface area (Å²) >= 11 is 0. The monoisotopic (exact) mass is 228 g/mol. The van der Waals surface area contributed by atoms with Crippen LogP contribution in [0.15, 0.2) is 24.3 Å². The Labute approximate surface area is 104 Å². The van der Waals surface area contributed by atoms with Gasteiger partial charge in [0.15, 0.2) is 0 Å². The topological polar surface area (TPSA) is 6.48 Å². The van der Waals surface area contributed by atoms with Crippen LogP contribution in [0.5, 0.6) is 0 Å². The lowest BCUT2D eigenvalue weighted by molar-refractivity contribution is 0.254. The Morgan fingerprint density at radius 1 is 1.41 bits per heavy atom. The molecule has 1 aliphatic rings. The number of benzene rings is 1. The minimum Gasteiger partial charge on any atom is -0.366 e. The average molecular weight is 228 g/mol. The molecule has 0 amide bonds. The van der Waals surface area contributed by atoms with Gasteiger partial charge in [-0.05, 0) is 31.5 Å². The van der Waals surface area contributed by atoms with Crippen LogP contribution in [0.3, 0.4) is 0 Å². The summed E-state index contributed by atoms with van der Waals surface area (Å²) in [5, 5.41) is 0. The van der Waals surface area contributed by atoms with E-state index in [1.165, 1.54) is 11.3 Å². The number of hydrogen-bond acceptors (Lipinski definition) is 2. The number of piperazine rings is 1. The van der Waals surface area contributed by atoms with Gasteiger partial charge in [0, 0.05) is 31.4 Å². The molecule has 2 heteroatoms. The first kappa shape index (κ1) is 12.0. The molecule has 0 radical (unpaired) electrons. The smallest absolute Gasteiger partial charge is 0.0600 e. The summed E-state index contributed by atoms with van der Waals surface area (Å²) in [6.45, 7) is 8.35. The highest BCUT2D eigenvalue weighted by Gasteiger charge is 2.23. The molecule has 1 aliphatic heterocycles. The molecule has 1 aromatic carbocycles. The van der Waals surface area contributed by atoms with Crippen LogP contribution < -0.4 is 4.90 Å². The zero-order valence-electron chi connectivity index (χ0n) is 10.7. The summed E-state index contributed by atoms with van der Waals surface area (Å²) in [5.74, 6) is 2.73. The number of aryl methyl sites for hydroxylation is 1. The number of nitrogens with zero attached hydrogens (tertiary/aromatic N) is 2. The second-order valence-electron chi connectivity index (χ2n) is 4.82. The van der Waals surface area contributed by atoms with Gasteiger partial charge in [-0.1, -0.05) is 18.1 Å². The van der Waals surface area contributed by atoms with Gasteiger partial charge in [-0.25, -0.2) is 0 Å². The van der Waals surface area contributed by atoms with Crippen molar-refractivity contribution in [2.45, 2.75) is 19.9 Å². The summed E-state index contributed by atoms with van der Waals surface area (Å²) in [5.41, 5.74) is 2.65. The van der Waals surface area contributed by atoms with Crippen LogP contribution in [0.2, 0.25) is 0 Å². The molecule has 1 atom stereocenters. The number of anilines is 1. The van der Waals surface area contributed by atoms with Crippen LogP contribution in [0, 0.1) is 19.3 Å². The van der Waals surface area contributed by atoms with Crippen molar-refractivity contribution in [2.75, 3.05) is 31.1 Å². The molecule has 1 heterocycles. The van der Waals surface area contributed by atoms with Crippen LogP contribution in [-0.4, -0.2) is 37.1 Å². The van der Waals surface area contributed by atoms with Crippen LogP contribution in [-0.2, 0) is 0 Å². The lowest BCUT2D eigenvalue weighted by atomic mass is 10.1. The molecule has 0 aliphatic carbocycles. The standard InChI is InChI=1S/C15H20N2/c1-4-8-16-9-10-17(14(3)12-16)15-7-5-6-13(2)11-15/h1,5-7,11,14H,8-10,12H2,2-3H3/t14-/m1/s1. The summed E-state index contributed by atoms with van der Waals surface area (Å²) in [6, 6.07) is 9.25. The van der Waals surface area contributed by atoms with E-state index in [1.807, 2.05) is 0 Å². The molecule has 0 N–H and O–H groups in total. The lowest BCUT2D eigenvalue weighted by Gasteiger charge is -2.40. The molecule has 17 heavy (non-hydrogen) atoms. The van der Waals surface area contributed by atoms with Crippen molar-refractivity contribution in [2.24, 2.45) is 0 Å². The van der Waals surface area contributed by atoms with Gasteiger partial charge in [0.05, 0.1) is 6.54 Å². The minimum absolute atomic E-state index is 0.527. The average Bonchev–Trinajstić information content (AvgIpc) is 2.29. The van der Waals surface area contributed by atoms with E-state index in [1.54, 1.807) is 0 Å². The van der Waals surface area contributed by atoms with E-state index in [4.69, 9.17) is 6.42 Å². The second-order valence-corrected chi connectivity index (χ2v) is 4.82. The SMILES string of the molecule is C#CCN1CCN(c2cccc(C)c2)[C@H](C)C1. The van der Waals surface area contributed by atoms with Crippen LogP contribution in [0.4, 0.5) is 5.69 Å². The zero-order chi connectivity index (χ0) is 12.3. The highest BCUT2D eigenvalue weighted by Crippen LogP contribution is 2.21.